The van der Waals surface area contributed by atoms with Crippen LogP contribution in [-0.4, -0.2) is 18.4 Å². The lowest BCUT2D eigenvalue weighted by Gasteiger charge is -2.50. The van der Waals surface area contributed by atoms with Gasteiger partial charge in [-0.05, 0) is 12.2 Å². The number of ether oxygens (including phenoxy) is 2. The maximum atomic E-state index is 6.18. The molecule has 1 unspecified atom stereocenters. The first kappa shape index (κ1) is 15.9. The van der Waals surface area contributed by atoms with Crippen molar-refractivity contribution in [3.8, 4) is 0 Å². The van der Waals surface area contributed by atoms with E-state index < -0.39 is 18.4 Å². The van der Waals surface area contributed by atoms with E-state index in [0.29, 0.717) is 0 Å². The Hall–Kier alpha value is 1.56. The molecule has 0 aromatic carbocycles. The predicted molar refractivity (Wildman–Crippen MR) is 76.1 cm³/mol. The van der Waals surface area contributed by atoms with Crippen molar-refractivity contribution in [1.82, 2.24) is 0 Å². The van der Waals surface area contributed by atoms with Gasteiger partial charge in [-0.15, -0.1) is 0 Å². The third kappa shape index (κ3) is 2.13. The monoisotopic (exact) mass is 410 g/mol. The predicted octanol–water partition coefficient (Wildman–Crippen LogP) is 5.43. The lowest BCUT2D eigenvalue weighted by atomic mass is 10.1. The number of fused-ring (bicyclic) bond motifs is 1. The van der Waals surface area contributed by atoms with E-state index in [9.17, 15) is 0 Å². The molecule has 102 valence electrons. The Kier molecular flexibility index (Phi) is 4.01. The third-order valence-corrected chi connectivity index (χ3v) is 6.29. The number of rotatable bonds is 0. The first-order valence-corrected chi connectivity index (χ1v) is 7.26. The van der Waals surface area contributed by atoms with Gasteiger partial charge in [0.2, 0.25) is 9.39 Å². The number of allylic oxidation sites excluding steroid dienone is 2. The second-order valence-corrected chi connectivity index (χ2v) is 8.24. The molecule has 1 aliphatic heterocycles. The molecule has 18 heavy (non-hydrogen) atoms. The molecule has 10 heteroatoms. The Morgan fingerprint density at radius 1 is 0.833 bits per heavy atom. The first-order chi connectivity index (χ1) is 7.94. The van der Waals surface area contributed by atoms with Crippen molar-refractivity contribution in [3.63, 3.8) is 0 Å². The molecule has 0 radical (unpaired) electrons. The fourth-order valence-electron chi connectivity index (χ4n) is 1.32. The van der Waals surface area contributed by atoms with Crippen molar-refractivity contribution in [2.45, 2.75) is 18.4 Å². The Labute approximate surface area is 143 Å². The minimum absolute atomic E-state index is 0.00559. The molecule has 2 rings (SSSR count). The van der Waals surface area contributed by atoms with E-state index in [0.717, 1.165) is 0 Å². The van der Waals surface area contributed by atoms with Gasteiger partial charge in [-0.2, -0.15) is 0 Å². The van der Waals surface area contributed by atoms with Crippen LogP contribution in [0.3, 0.4) is 0 Å². The SMILES string of the molecule is ClC1=CC=C2OC(Cl)(Cl)C(Cl)(Cl)OC2(Cl)C1(Cl)Cl. The topological polar surface area (TPSA) is 18.5 Å². The average molecular weight is 414 g/mol. The highest BCUT2D eigenvalue weighted by molar-refractivity contribution is 6.63. The Balaban J connectivity index is 2.55. The molecule has 0 aromatic heterocycles. The van der Waals surface area contributed by atoms with Crippen LogP contribution < -0.4 is 0 Å². The van der Waals surface area contributed by atoms with E-state index in [4.69, 9.17) is 102 Å². The van der Waals surface area contributed by atoms with Crippen LogP contribution in [0.1, 0.15) is 0 Å². The van der Waals surface area contributed by atoms with Crippen LogP contribution in [0, 0.1) is 0 Å². The highest BCUT2D eigenvalue weighted by Gasteiger charge is 2.69. The van der Waals surface area contributed by atoms with Gasteiger partial charge < -0.3 is 9.47 Å². The summed E-state index contributed by atoms with van der Waals surface area (Å²) in [6.07, 6.45) is 2.71. The second-order valence-electron chi connectivity index (χ2n) is 3.45. The lowest BCUT2D eigenvalue weighted by Crippen LogP contribution is -2.60. The Bertz CT molecular complexity index is 454. The summed E-state index contributed by atoms with van der Waals surface area (Å²) in [5.74, 6) is -0.0690. The summed E-state index contributed by atoms with van der Waals surface area (Å²) in [6.45, 7) is 0. The number of hydrogen-bond acceptors (Lipinski definition) is 2. The van der Waals surface area contributed by atoms with Gasteiger partial charge in [0.15, 0.2) is 5.76 Å². The molecule has 1 atom stereocenters. The highest BCUT2D eigenvalue weighted by Crippen LogP contribution is 2.62. The second kappa shape index (κ2) is 4.53. The summed E-state index contributed by atoms with van der Waals surface area (Å²) in [5.41, 5.74) is 0. The van der Waals surface area contributed by atoms with Crippen LogP contribution in [0.2, 0.25) is 0 Å². The zero-order valence-electron chi connectivity index (χ0n) is 7.99. The molecule has 2 nitrogen and oxygen atoms in total. The molecule has 0 spiro atoms. The fraction of sp³-hybridized carbons (Fsp3) is 0.500. The smallest absolute Gasteiger partial charge is 0.317 e. The standard InChI is InChI=1S/C8H2Cl8O2/c9-3-1-2-4-6(12,5(3,10)11)18-8(15,16)7(13,14)17-4/h1-2H. The maximum Gasteiger partial charge on any atom is 0.317 e. The lowest BCUT2D eigenvalue weighted by molar-refractivity contribution is -0.139. The zero-order chi connectivity index (χ0) is 14.0. The molecule has 1 aliphatic carbocycles. The molecule has 0 amide bonds. The van der Waals surface area contributed by atoms with Crippen molar-refractivity contribution in [2.75, 3.05) is 0 Å². The van der Waals surface area contributed by atoms with Crippen LogP contribution in [0.15, 0.2) is 22.9 Å². The normalized spacial score (nSPS) is 36.0. The van der Waals surface area contributed by atoms with Gasteiger partial charge in [0.1, 0.15) is 0 Å². The quantitative estimate of drug-likeness (QED) is 0.493. The van der Waals surface area contributed by atoms with Crippen molar-refractivity contribution >= 4 is 92.8 Å². The van der Waals surface area contributed by atoms with Crippen LogP contribution >= 0.6 is 92.8 Å². The van der Waals surface area contributed by atoms with E-state index in [2.05, 4.69) is 0 Å². The molecule has 0 N–H and O–H groups in total. The summed E-state index contributed by atoms with van der Waals surface area (Å²) in [7, 11) is 0. The van der Waals surface area contributed by atoms with Crippen LogP contribution in [0.4, 0.5) is 0 Å². The average Bonchev–Trinajstić information content (AvgIpc) is 2.18. The van der Waals surface area contributed by atoms with E-state index in [1.54, 1.807) is 0 Å². The minimum Gasteiger partial charge on any atom is -0.453 e. The molecule has 1 saturated heterocycles. The van der Waals surface area contributed by atoms with Crippen LogP contribution in [0.25, 0.3) is 0 Å². The zero-order valence-corrected chi connectivity index (χ0v) is 14.0. The van der Waals surface area contributed by atoms with Gasteiger partial charge in [0.05, 0.1) is 5.03 Å². The van der Waals surface area contributed by atoms with E-state index in [-0.39, 0.29) is 10.8 Å². The van der Waals surface area contributed by atoms with Gasteiger partial charge in [-0.25, -0.2) is 0 Å². The largest absolute Gasteiger partial charge is 0.453 e. The molecular weight excluding hydrogens is 412 g/mol. The summed E-state index contributed by atoms with van der Waals surface area (Å²) in [4.78, 5) is 0. The number of halogens is 8. The number of alkyl halides is 7. The van der Waals surface area contributed by atoms with Gasteiger partial charge >= 0.3 is 4.52 Å². The molecule has 1 fully saturated rings. The maximum absolute atomic E-state index is 6.18. The molecule has 1 heterocycles. The van der Waals surface area contributed by atoms with Gasteiger partial charge in [0.25, 0.3) is 4.52 Å². The van der Waals surface area contributed by atoms with E-state index in [1.807, 2.05) is 0 Å². The molecule has 0 bridgehead atoms. The fourth-order valence-corrected chi connectivity index (χ4v) is 2.90. The van der Waals surface area contributed by atoms with Crippen molar-refractivity contribution in [1.29, 1.82) is 0 Å². The minimum atomic E-state index is -2.21. The molecular formula is C8H2Cl8O2. The van der Waals surface area contributed by atoms with Crippen molar-refractivity contribution in [3.05, 3.63) is 22.9 Å². The van der Waals surface area contributed by atoms with Crippen LogP contribution in [0.5, 0.6) is 0 Å². The summed E-state index contributed by atoms with van der Waals surface area (Å²) >= 11 is 47.3. The summed E-state index contributed by atoms with van der Waals surface area (Å²) < 4.78 is 4.21. The van der Waals surface area contributed by atoms with E-state index >= 15 is 0 Å². The molecule has 0 aromatic rings. The summed E-state index contributed by atoms with van der Waals surface area (Å²) in [6, 6.07) is 0. The molecule has 2 aliphatic rings. The van der Waals surface area contributed by atoms with Gasteiger partial charge in [-0.1, -0.05) is 92.8 Å². The highest BCUT2D eigenvalue weighted by atomic mass is 35.5. The van der Waals surface area contributed by atoms with Gasteiger partial charge in [0, 0.05) is 0 Å². The summed E-state index contributed by atoms with van der Waals surface area (Å²) in [5, 5.41) is -1.97. The number of hydrogen-bond donors (Lipinski definition) is 0. The third-order valence-electron chi connectivity index (χ3n) is 2.25. The van der Waals surface area contributed by atoms with E-state index in [1.165, 1.54) is 12.2 Å². The Morgan fingerprint density at radius 2 is 1.39 bits per heavy atom. The molecule has 0 saturated carbocycles. The first-order valence-electron chi connectivity index (χ1n) is 4.24. The Morgan fingerprint density at radius 3 is 1.94 bits per heavy atom. The van der Waals surface area contributed by atoms with Crippen molar-refractivity contribution in [2.24, 2.45) is 0 Å². The van der Waals surface area contributed by atoms with Crippen LogP contribution in [-0.2, 0) is 9.47 Å². The van der Waals surface area contributed by atoms with Crippen molar-refractivity contribution < 1.29 is 9.47 Å². The van der Waals surface area contributed by atoms with Gasteiger partial charge in [-0.3, -0.25) is 0 Å².